The van der Waals surface area contributed by atoms with Gasteiger partial charge in [0.15, 0.2) is 0 Å². The van der Waals surface area contributed by atoms with Gasteiger partial charge in [-0.05, 0) is 38.8 Å². The van der Waals surface area contributed by atoms with Crippen molar-refractivity contribution in [3.05, 3.63) is 0 Å². The second-order valence-corrected chi connectivity index (χ2v) is 5.57. The van der Waals surface area contributed by atoms with Crippen LogP contribution in [0.5, 0.6) is 0 Å². The van der Waals surface area contributed by atoms with Crippen molar-refractivity contribution in [2.75, 3.05) is 25.2 Å². The Labute approximate surface area is 86.0 Å². The summed E-state index contributed by atoms with van der Waals surface area (Å²) in [4.78, 5) is 2.35. The predicted molar refractivity (Wildman–Crippen MR) is 59.2 cm³/mol. The third-order valence-corrected chi connectivity index (χ3v) is 3.66. The normalized spacial score (nSPS) is 28.2. The maximum atomic E-state index is 5.74. The van der Waals surface area contributed by atoms with E-state index in [9.17, 15) is 0 Å². The summed E-state index contributed by atoms with van der Waals surface area (Å²) in [5.74, 6) is 2.42. The lowest BCUT2D eigenvalue weighted by atomic mass is 10.1. The van der Waals surface area contributed by atoms with Crippen molar-refractivity contribution in [2.24, 2.45) is 0 Å². The summed E-state index contributed by atoms with van der Waals surface area (Å²) in [7, 11) is 2.16. The molecule has 13 heavy (non-hydrogen) atoms. The number of likely N-dealkylation sites (N-methyl/N-ethyl adjacent to an activating group) is 1. The van der Waals surface area contributed by atoms with Gasteiger partial charge in [0.25, 0.3) is 0 Å². The lowest BCUT2D eigenvalue weighted by Gasteiger charge is -2.28. The second-order valence-electron chi connectivity index (χ2n) is 4.17. The summed E-state index contributed by atoms with van der Waals surface area (Å²) in [6.45, 7) is 7.54. The van der Waals surface area contributed by atoms with Crippen molar-refractivity contribution in [3.8, 4) is 0 Å². The number of ether oxygens (including phenoxy) is 1. The van der Waals surface area contributed by atoms with Crippen molar-refractivity contribution in [1.29, 1.82) is 0 Å². The largest absolute Gasteiger partial charge is 0.361 e. The molecule has 0 aliphatic carbocycles. The van der Waals surface area contributed by atoms with Gasteiger partial charge in [-0.25, -0.2) is 0 Å². The lowest BCUT2D eigenvalue weighted by molar-refractivity contribution is 0.0391. The smallest absolute Gasteiger partial charge is 0.111 e. The highest BCUT2D eigenvalue weighted by Crippen LogP contribution is 2.26. The standard InChI is InChI=1S/C10H21NOS/c1-5-13-7-6-9-11(4)10(2,3)8-12-9/h9H,5-8H2,1-4H3. The van der Waals surface area contributed by atoms with Crippen LogP contribution in [0.1, 0.15) is 27.2 Å². The number of nitrogens with zero attached hydrogens (tertiary/aromatic N) is 1. The van der Waals surface area contributed by atoms with Crippen LogP contribution in [0, 0.1) is 0 Å². The Hall–Kier alpha value is 0.270. The minimum Gasteiger partial charge on any atom is -0.361 e. The van der Waals surface area contributed by atoms with E-state index in [2.05, 4.69) is 32.7 Å². The molecule has 1 unspecified atom stereocenters. The van der Waals surface area contributed by atoms with E-state index in [1.165, 1.54) is 11.5 Å². The van der Waals surface area contributed by atoms with E-state index in [0.717, 1.165) is 13.0 Å². The first-order valence-electron chi connectivity index (χ1n) is 5.00. The van der Waals surface area contributed by atoms with Crippen molar-refractivity contribution in [1.82, 2.24) is 4.90 Å². The molecule has 1 heterocycles. The van der Waals surface area contributed by atoms with Gasteiger partial charge in [0.1, 0.15) is 6.23 Å². The molecule has 1 aliphatic rings. The molecule has 1 rings (SSSR count). The summed E-state index contributed by atoms with van der Waals surface area (Å²) < 4.78 is 5.74. The molecule has 0 radical (unpaired) electrons. The fraction of sp³-hybridized carbons (Fsp3) is 1.00. The monoisotopic (exact) mass is 203 g/mol. The molecule has 0 bridgehead atoms. The first-order valence-corrected chi connectivity index (χ1v) is 6.15. The fourth-order valence-corrected chi connectivity index (χ4v) is 2.17. The van der Waals surface area contributed by atoms with E-state index in [1.54, 1.807) is 0 Å². The highest BCUT2D eigenvalue weighted by Gasteiger charge is 2.36. The van der Waals surface area contributed by atoms with E-state index >= 15 is 0 Å². The van der Waals surface area contributed by atoms with Gasteiger partial charge in [0, 0.05) is 5.54 Å². The molecule has 0 aromatic carbocycles. The van der Waals surface area contributed by atoms with Crippen LogP contribution in [0.3, 0.4) is 0 Å². The Bertz CT molecular complexity index is 161. The molecule has 1 atom stereocenters. The molecule has 0 amide bonds. The maximum Gasteiger partial charge on any atom is 0.111 e. The van der Waals surface area contributed by atoms with Gasteiger partial charge in [-0.2, -0.15) is 11.8 Å². The molecule has 0 aromatic heterocycles. The van der Waals surface area contributed by atoms with E-state index in [4.69, 9.17) is 4.74 Å². The topological polar surface area (TPSA) is 12.5 Å². The first kappa shape index (κ1) is 11.3. The molecule has 1 saturated heterocycles. The third kappa shape index (κ3) is 2.86. The van der Waals surface area contributed by atoms with Crippen LogP contribution < -0.4 is 0 Å². The Morgan fingerprint density at radius 2 is 2.23 bits per heavy atom. The van der Waals surface area contributed by atoms with E-state index in [0.29, 0.717) is 6.23 Å². The van der Waals surface area contributed by atoms with Gasteiger partial charge in [-0.1, -0.05) is 6.92 Å². The maximum absolute atomic E-state index is 5.74. The quantitative estimate of drug-likeness (QED) is 0.650. The molecule has 78 valence electrons. The van der Waals surface area contributed by atoms with Crippen molar-refractivity contribution in [2.45, 2.75) is 39.0 Å². The highest BCUT2D eigenvalue weighted by atomic mass is 32.2. The highest BCUT2D eigenvalue weighted by molar-refractivity contribution is 7.99. The van der Waals surface area contributed by atoms with Gasteiger partial charge in [-0.15, -0.1) is 0 Å². The fourth-order valence-electron chi connectivity index (χ4n) is 1.51. The molecule has 0 saturated carbocycles. The molecule has 0 N–H and O–H groups in total. The van der Waals surface area contributed by atoms with Gasteiger partial charge in [0.2, 0.25) is 0 Å². The summed E-state index contributed by atoms with van der Waals surface area (Å²) >= 11 is 1.99. The van der Waals surface area contributed by atoms with Crippen LogP contribution in [0.25, 0.3) is 0 Å². The zero-order valence-corrected chi connectivity index (χ0v) is 9.99. The lowest BCUT2D eigenvalue weighted by Crippen LogP contribution is -2.41. The van der Waals surface area contributed by atoms with Gasteiger partial charge in [0.05, 0.1) is 6.61 Å². The van der Waals surface area contributed by atoms with Gasteiger partial charge < -0.3 is 4.74 Å². The van der Waals surface area contributed by atoms with Crippen LogP contribution >= 0.6 is 11.8 Å². The van der Waals surface area contributed by atoms with Crippen LogP contribution in [-0.4, -0.2) is 41.8 Å². The second kappa shape index (κ2) is 4.67. The molecular weight excluding hydrogens is 182 g/mol. The summed E-state index contributed by atoms with van der Waals surface area (Å²) in [6.07, 6.45) is 1.49. The molecule has 2 nitrogen and oxygen atoms in total. The zero-order valence-electron chi connectivity index (χ0n) is 9.17. The van der Waals surface area contributed by atoms with Crippen LogP contribution in [-0.2, 0) is 4.74 Å². The van der Waals surface area contributed by atoms with E-state index < -0.39 is 0 Å². The number of hydrogen-bond donors (Lipinski definition) is 0. The summed E-state index contributed by atoms with van der Waals surface area (Å²) in [5, 5.41) is 0. The average Bonchev–Trinajstić information content (AvgIpc) is 2.32. The third-order valence-electron chi connectivity index (χ3n) is 2.73. The Morgan fingerprint density at radius 3 is 2.69 bits per heavy atom. The molecular formula is C10H21NOS. The Morgan fingerprint density at radius 1 is 1.54 bits per heavy atom. The first-order chi connectivity index (χ1) is 6.08. The predicted octanol–water partition coefficient (Wildman–Crippen LogP) is 2.20. The van der Waals surface area contributed by atoms with Crippen LogP contribution in [0.4, 0.5) is 0 Å². The number of hydrogen-bond acceptors (Lipinski definition) is 3. The zero-order chi connectivity index (χ0) is 9.90. The summed E-state index contributed by atoms with van der Waals surface area (Å²) in [5.41, 5.74) is 0.224. The number of rotatable bonds is 4. The van der Waals surface area contributed by atoms with Crippen molar-refractivity contribution >= 4 is 11.8 Å². The van der Waals surface area contributed by atoms with Crippen molar-refractivity contribution < 1.29 is 4.74 Å². The minimum atomic E-state index is 0.224. The van der Waals surface area contributed by atoms with Gasteiger partial charge in [-0.3, -0.25) is 4.90 Å². The Kier molecular flexibility index (Phi) is 4.07. The SMILES string of the molecule is CCSCCC1OCC(C)(C)N1C. The number of thioether (sulfide) groups is 1. The average molecular weight is 203 g/mol. The summed E-state index contributed by atoms with van der Waals surface area (Å²) in [6, 6.07) is 0. The molecule has 1 fully saturated rings. The molecule has 3 heteroatoms. The van der Waals surface area contributed by atoms with E-state index in [1.807, 2.05) is 11.8 Å². The molecule has 0 spiro atoms. The van der Waals surface area contributed by atoms with E-state index in [-0.39, 0.29) is 5.54 Å². The van der Waals surface area contributed by atoms with Crippen molar-refractivity contribution in [3.63, 3.8) is 0 Å². The Balaban J connectivity index is 2.29. The van der Waals surface area contributed by atoms with Crippen LogP contribution in [0.15, 0.2) is 0 Å². The van der Waals surface area contributed by atoms with Gasteiger partial charge >= 0.3 is 0 Å². The molecule has 1 aliphatic heterocycles. The van der Waals surface area contributed by atoms with Crippen LogP contribution in [0.2, 0.25) is 0 Å². The molecule has 0 aromatic rings. The minimum absolute atomic E-state index is 0.224.